The molecule has 0 atom stereocenters. The highest BCUT2D eigenvalue weighted by Gasteiger charge is 2.10. The Morgan fingerprint density at radius 2 is 1.91 bits per heavy atom. The summed E-state index contributed by atoms with van der Waals surface area (Å²) in [5, 5.41) is 9.23. The van der Waals surface area contributed by atoms with Gasteiger partial charge < -0.3 is 4.90 Å². The van der Waals surface area contributed by atoms with Gasteiger partial charge in [-0.3, -0.25) is 4.98 Å². The van der Waals surface area contributed by atoms with Gasteiger partial charge in [0.05, 0.1) is 28.7 Å². The van der Waals surface area contributed by atoms with Gasteiger partial charge in [-0.05, 0) is 31.5 Å². The van der Waals surface area contributed by atoms with Crippen LogP contribution in [0.2, 0.25) is 0 Å². The number of nitriles is 1. The van der Waals surface area contributed by atoms with Gasteiger partial charge in [0, 0.05) is 19.2 Å². The zero-order valence-electron chi connectivity index (χ0n) is 13.6. The highest BCUT2D eigenvalue weighted by molar-refractivity contribution is 5.69. The average Bonchev–Trinajstić information content (AvgIpc) is 2.54. The molecule has 0 bridgehead atoms. The molecule has 0 spiro atoms. The number of aromatic nitrogens is 1. The number of unbranched alkanes of at least 4 members (excludes halogenated alkanes) is 2. The zero-order valence-corrected chi connectivity index (χ0v) is 13.6. The maximum atomic E-state index is 9.23. The molecule has 0 saturated carbocycles. The minimum Gasteiger partial charge on any atom is -0.373 e. The zero-order chi connectivity index (χ0) is 15.9. The van der Waals surface area contributed by atoms with Crippen molar-refractivity contribution in [3.8, 4) is 17.3 Å². The third kappa shape index (κ3) is 3.65. The van der Waals surface area contributed by atoms with Crippen LogP contribution in [-0.4, -0.2) is 18.6 Å². The van der Waals surface area contributed by atoms with Gasteiger partial charge >= 0.3 is 0 Å². The number of aryl methyl sites for hydroxylation is 1. The minimum absolute atomic E-state index is 0.665. The fraction of sp³-hybridized carbons (Fsp3) is 0.368. The van der Waals surface area contributed by atoms with Gasteiger partial charge in [0.25, 0.3) is 0 Å². The summed E-state index contributed by atoms with van der Waals surface area (Å²) in [6.45, 7) is 5.29. The molecule has 0 amide bonds. The van der Waals surface area contributed by atoms with E-state index in [-0.39, 0.29) is 0 Å². The summed E-state index contributed by atoms with van der Waals surface area (Å²) in [4.78, 5) is 6.97. The Bertz CT molecular complexity index is 671. The van der Waals surface area contributed by atoms with E-state index in [9.17, 15) is 5.26 Å². The maximum absolute atomic E-state index is 9.23. The molecular formula is C19H23N3. The Balaban J connectivity index is 2.25. The number of rotatable bonds is 6. The van der Waals surface area contributed by atoms with Crippen LogP contribution in [0.25, 0.3) is 11.3 Å². The van der Waals surface area contributed by atoms with Gasteiger partial charge in [0.1, 0.15) is 0 Å². The number of benzene rings is 1. The normalized spacial score (nSPS) is 10.3. The van der Waals surface area contributed by atoms with Gasteiger partial charge in [-0.25, -0.2) is 0 Å². The van der Waals surface area contributed by atoms with Crippen molar-refractivity contribution in [3.05, 3.63) is 47.7 Å². The standard InChI is InChI=1S/C19H23N3/c1-4-5-8-13-22(3)19-12-11-18(21-15(19)2)17-10-7-6-9-16(17)14-20/h6-7,9-12H,4-5,8,13H2,1-3H3. The second-order valence-electron chi connectivity index (χ2n) is 5.59. The van der Waals surface area contributed by atoms with E-state index in [2.05, 4.69) is 31.0 Å². The lowest BCUT2D eigenvalue weighted by atomic mass is 10.0. The molecule has 22 heavy (non-hydrogen) atoms. The molecule has 1 aromatic heterocycles. The molecule has 0 N–H and O–H groups in total. The number of nitrogens with zero attached hydrogens (tertiary/aromatic N) is 3. The minimum atomic E-state index is 0.665. The summed E-state index contributed by atoms with van der Waals surface area (Å²) in [7, 11) is 2.11. The van der Waals surface area contributed by atoms with Gasteiger partial charge in [-0.2, -0.15) is 5.26 Å². The van der Waals surface area contributed by atoms with Crippen LogP contribution in [0.5, 0.6) is 0 Å². The molecule has 0 fully saturated rings. The highest BCUT2D eigenvalue weighted by atomic mass is 15.1. The van der Waals surface area contributed by atoms with E-state index in [1.807, 2.05) is 37.3 Å². The number of hydrogen-bond donors (Lipinski definition) is 0. The number of hydrogen-bond acceptors (Lipinski definition) is 3. The molecule has 1 heterocycles. The fourth-order valence-electron chi connectivity index (χ4n) is 2.63. The molecule has 0 radical (unpaired) electrons. The summed E-state index contributed by atoms with van der Waals surface area (Å²) in [6.07, 6.45) is 3.69. The van der Waals surface area contributed by atoms with E-state index in [4.69, 9.17) is 4.98 Å². The molecule has 0 aliphatic heterocycles. The predicted octanol–water partition coefficient (Wildman–Crippen LogP) is 4.56. The van der Waals surface area contributed by atoms with Crippen molar-refractivity contribution in [2.24, 2.45) is 0 Å². The lowest BCUT2D eigenvalue weighted by Gasteiger charge is -2.21. The Morgan fingerprint density at radius 3 is 2.59 bits per heavy atom. The van der Waals surface area contributed by atoms with Crippen LogP contribution in [-0.2, 0) is 0 Å². The third-order valence-corrected chi connectivity index (χ3v) is 3.89. The maximum Gasteiger partial charge on any atom is 0.0998 e. The average molecular weight is 293 g/mol. The van der Waals surface area contributed by atoms with Crippen LogP contribution in [0.4, 0.5) is 5.69 Å². The van der Waals surface area contributed by atoms with E-state index < -0.39 is 0 Å². The van der Waals surface area contributed by atoms with E-state index in [1.165, 1.54) is 19.3 Å². The van der Waals surface area contributed by atoms with Crippen LogP contribution in [0.15, 0.2) is 36.4 Å². The Labute approximate surface area is 133 Å². The molecule has 114 valence electrons. The van der Waals surface area contributed by atoms with Crippen molar-refractivity contribution in [1.29, 1.82) is 5.26 Å². The first-order chi connectivity index (χ1) is 10.7. The van der Waals surface area contributed by atoms with Crippen molar-refractivity contribution in [3.63, 3.8) is 0 Å². The SMILES string of the molecule is CCCCCN(C)c1ccc(-c2ccccc2C#N)nc1C. The largest absolute Gasteiger partial charge is 0.373 e. The summed E-state index contributed by atoms with van der Waals surface area (Å²) in [6, 6.07) is 14.0. The Morgan fingerprint density at radius 1 is 1.14 bits per heavy atom. The van der Waals surface area contributed by atoms with Gasteiger partial charge in [-0.15, -0.1) is 0 Å². The smallest absolute Gasteiger partial charge is 0.0998 e. The van der Waals surface area contributed by atoms with Crippen molar-refractivity contribution in [2.45, 2.75) is 33.1 Å². The number of pyridine rings is 1. The molecule has 0 aliphatic rings. The molecule has 3 nitrogen and oxygen atoms in total. The first-order valence-electron chi connectivity index (χ1n) is 7.85. The van der Waals surface area contributed by atoms with E-state index in [0.29, 0.717) is 5.56 Å². The summed E-state index contributed by atoms with van der Waals surface area (Å²) < 4.78 is 0. The molecule has 0 aliphatic carbocycles. The molecule has 0 saturated heterocycles. The second kappa shape index (κ2) is 7.61. The Kier molecular flexibility index (Phi) is 5.55. The van der Waals surface area contributed by atoms with Crippen molar-refractivity contribution in [1.82, 2.24) is 4.98 Å². The summed E-state index contributed by atoms with van der Waals surface area (Å²) >= 11 is 0. The quantitative estimate of drug-likeness (QED) is 0.733. The summed E-state index contributed by atoms with van der Waals surface area (Å²) in [5.41, 5.74) is 4.59. The molecule has 1 aromatic carbocycles. The molecule has 3 heteroatoms. The van der Waals surface area contributed by atoms with Gasteiger partial charge in [0.2, 0.25) is 0 Å². The molecule has 0 unspecified atom stereocenters. The first-order valence-corrected chi connectivity index (χ1v) is 7.85. The van der Waals surface area contributed by atoms with Crippen molar-refractivity contribution >= 4 is 5.69 Å². The predicted molar refractivity (Wildman–Crippen MR) is 91.9 cm³/mol. The van der Waals surface area contributed by atoms with Crippen molar-refractivity contribution < 1.29 is 0 Å². The van der Waals surface area contributed by atoms with Crippen molar-refractivity contribution in [2.75, 3.05) is 18.5 Å². The monoisotopic (exact) mass is 293 g/mol. The highest BCUT2D eigenvalue weighted by Crippen LogP contribution is 2.25. The first kappa shape index (κ1) is 16.0. The van der Waals surface area contributed by atoms with Crippen LogP contribution >= 0.6 is 0 Å². The molecule has 2 rings (SSSR count). The third-order valence-electron chi connectivity index (χ3n) is 3.89. The molecular weight excluding hydrogens is 270 g/mol. The second-order valence-corrected chi connectivity index (χ2v) is 5.59. The summed E-state index contributed by atoms with van der Waals surface area (Å²) in [5.74, 6) is 0. The fourth-order valence-corrected chi connectivity index (χ4v) is 2.63. The Hall–Kier alpha value is -2.34. The van der Waals surface area contributed by atoms with E-state index in [1.54, 1.807) is 0 Å². The lowest BCUT2D eigenvalue weighted by molar-refractivity contribution is 0.703. The lowest BCUT2D eigenvalue weighted by Crippen LogP contribution is -2.19. The topological polar surface area (TPSA) is 39.9 Å². The van der Waals surface area contributed by atoms with Gasteiger partial charge in [0.15, 0.2) is 0 Å². The number of anilines is 1. The van der Waals surface area contributed by atoms with Crippen LogP contribution in [0.3, 0.4) is 0 Å². The van der Waals surface area contributed by atoms with E-state index in [0.717, 1.165) is 29.2 Å². The van der Waals surface area contributed by atoms with E-state index >= 15 is 0 Å². The van der Waals surface area contributed by atoms with Gasteiger partial charge in [-0.1, -0.05) is 38.0 Å². The van der Waals surface area contributed by atoms with Crippen LogP contribution in [0.1, 0.15) is 37.4 Å². The molecule has 2 aromatic rings. The van der Waals surface area contributed by atoms with Crippen LogP contribution in [0, 0.1) is 18.3 Å². The van der Waals surface area contributed by atoms with Crippen LogP contribution < -0.4 is 4.90 Å².